The molecule has 1 unspecified atom stereocenters. The monoisotopic (exact) mass is 570 g/mol. The van der Waals surface area contributed by atoms with Crippen LogP contribution in [0.5, 0.6) is 11.9 Å². The number of anilines is 1. The van der Waals surface area contributed by atoms with Gasteiger partial charge in [0.25, 0.3) is 11.5 Å². The zero-order valence-corrected chi connectivity index (χ0v) is 23.8. The summed E-state index contributed by atoms with van der Waals surface area (Å²) in [5, 5.41) is 0.818. The number of carbonyl (C=O) groups is 1. The number of nitrogens with two attached hydrogens (primary N) is 1. The Labute approximate surface area is 235 Å². The van der Waals surface area contributed by atoms with Gasteiger partial charge in [0, 0.05) is 23.8 Å². The summed E-state index contributed by atoms with van der Waals surface area (Å²) in [6.45, 7) is 5.72. The van der Waals surface area contributed by atoms with E-state index in [9.17, 15) is 9.59 Å². The van der Waals surface area contributed by atoms with E-state index in [1.54, 1.807) is 19.2 Å². The zero-order valence-electron chi connectivity index (χ0n) is 22.3. The van der Waals surface area contributed by atoms with Crippen molar-refractivity contribution in [3.05, 3.63) is 79.5 Å². The summed E-state index contributed by atoms with van der Waals surface area (Å²) in [7, 11) is 4.47. The Morgan fingerprint density at radius 2 is 1.85 bits per heavy atom. The van der Waals surface area contributed by atoms with Crippen molar-refractivity contribution in [1.29, 1.82) is 0 Å². The smallest absolute Gasteiger partial charge is 0.319 e. The first-order valence-electron chi connectivity index (χ1n) is 12.0. The first-order chi connectivity index (χ1) is 18.5. The van der Waals surface area contributed by atoms with Crippen molar-refractivity contribution in [2.24, 2.45) is 23.7 Å². The van der Waals surface area contributed by atoms with Crippen molar-refractivity contribution in [2.75, 3.05) is 19.1 Å². The molecule has 4 rings (SSSR count). The number of halogens is 2. The van der Waals surface area contributed by atoms with Crippen LogP contribution in [-0.2, 0) is 11.8 Å². The Morgan fingerprint density at radius 1 is 1.13 bits per heavy atom. The number of aliphatic imine (C=N–C) groups is 1. The molecule has 3 heterocycles. The highest BCUT2D eigenvalue weighted by atomic mass is 35.5. The fourth-order valence-electron chi connectivity index (χ4n) is 4.53. The molecule has 0 saturated heterocycles. The summed E-state index contributed by atoms with van der Waals surface area (Å²) in [5.41, 5.74) is 8.95. The number of pyridine rings is 1. The Hall–Kier alpha value is -3.89. The van der Waals surface area contributed by atoms with Crippen molar-refractivity contribution in [3.8, 4) is 11.9 Å². The summed E-state index contributed by atoms with van der Waals surface area (Å²) in [6.07, 6.45) is 2.94. The lowest BCUT2D eigenvalue weighted by Gasteiger charge is -2.29. The highest BCUT2D eigenvalue weighted by Crippen LogP contribution is 2.43. The van der Waals surface area contributed by atoms with Crippen molar-refractivity contribution < 1.29 is 14.3 Å². The summed E-state index contributed by atoms with van der Waals surface area (Å²) in [4.78, 5) is 41.7. The molecule has 2 N–H and O–H groups in total. The third-order valence-corrected chi connectivity index (χ3v) is 6.78. The predicted molar refractivity (Wildman–Crippen MR) is 151 cm³/mol. The van der Waals surface area contributed by atoms with Gasteiger partial charge in [-0.25, -0.2) is 9.98 Å². The van der Waals surface area contributed by atoms with Gasteiger partial charge in [0.05, 0.1) is 37.2 Å². The van der Waals surface area contributed by atoms with Gasteiger partial charge < -0.3 is 19.8 Å². The summed E-state index contributed by atoms with van der Waals surface area (Å²) >= 11 is 12.6. The third-order valence-electron chi connectivity index (χ3n) is 6.34. The maximum absolute atomic E-state index is 13.8. The molecule has 10 nitrogen and oxygen atoms in total. The number of aromatic nitrogens is 3. The van der Waals surface area contributed by atoms with Crippen LogP contribution < -0.4 is 25.7 Å². The molecule has 1 amide bonds. The van der Waals surface area contributed by atoms with Crippen LogP contribution in [0.1, 0.15) is 31.0 Å². The standard InChI is InChI=1S/C27H28Cl2N6O4/c1-13(2)22(32-18-11-31-27(39-6)33-24(18)38-5)20-21(30)26(37)35(19-10-16(29)12-34(4)25(19)36)23(20)17-8-7-15(28)9-14(17)3/h7-13,23H,30H2,1-6H3. The first kappa shape index (κ1) is 28.1. The fourth-order valence-corrected chi connectivity index (χ4v) is 5.01. The van der Waals surface area contributed by atoms with Crippen LogP contribution in [0.25, 0.3) is 0 Å². The van der Waals surface area contributed by atoms with Crippen LogP contribution in [0, 0.1) is 12.8 Å². The van der Waals surface area contributed by atoms with E-state index in [1.165, 1.54) is 42.1 Å². The number of ether oxygens (including phenoxy) is 2. The molecular formula is C27H28Cl2N6O4. The molecule has 204 valence electrons. The van der Waals surface area contributed by atoms with Crippen molar-refractivity contribution in [3.63, 3.8) is 0 Å². The van der Waals surface area contributed by atoms with Crippen molar-refractivity contribution >= 4 is 46.2 Å². The molecule has 1 aliphatic heterocycles. The molecule has 12 heteroatoms. The molecule has 1 atom stereocenters. The lowest BCUT2D eigenvalue weighted by molar-refractivity contribution is -0.114. The minimum Gasteiger partial charge on any atom is -0.479 e. The van der Waals surface area contributed by atoms with Gasteiger partial charge in [0.15, 0.2) is 0 Å². The van der Waals surface area contributed by atoms with E-state index >= 15 is 0 Å². The highest BCUT2D eigenvalue weighted by Gasteiger charge is 2.44. The number of nitrogens with zero attached hydrogens (tertiary/aromatic N) is 5. The molecule has 0 bridgehead atoms. The lowest BCUT2D eigenvalue weighted by Crippen LogP contribution is -2.37. The van der Waals surface area contributed by atoms with Gasteiger partial charge in [0.2, 0.25) is 5.88 Å². The van der Waals surface area contributed by atoms with Crippen LogP contribution in [0.3, 0.4) is 0 Å². The number of carbonyl (C=O) groups excluding carboxylic acids is 1. The van der Waals surface area contributed by atoms with Gasteiger partial charge in [-0.2, -0.15) is 4.98 Å². The quantitative estimate of drug-likeness (QED) is 0.413. The fraction of sp³-hybridized carbons (Fsp3) is 0.296. The van der Waals surface area contributed by atoms with E-state index in [-0.39, 0.29) is 34.2 Å². The summed E-state index contributed by atoms with van der Waals surface area (Å²) in [5.74, 6) is -0.575. The minimum absolute atomic E-state index is 0.0442. The highest BCUT2D eigenvalue weighted by molar-refractivity contribution is 6.31. The largest absolute Gasteiger partial charge is 0.479 e. The normalized spacial score (nSPS) is 15.9. The number of methoxy groups -OCH3 is 2. The van der Waals surface area contributed by atoms with Gasteiger partial charge in [0.1, 0.15) is 17.1 Å². The number of benzene rings is 1. The maximum atomic E-state index is 13.8. The molecular weight excluding hydrogens is 543 g/mol. The average Bonchev–Trinajstić information content (AvgIpc) is 3.14. The Morgan fingerprint density at radius 3 is 2.46 bits per heavy atom. The van der Waals surface area contributed by atoms with Gasteiger partial charge in [-0.3, -0.25) is 14.5 Å². The van der Waals surface area contributed by atoms with Crippen molar-refractivity contribution in [1.82, 2.24) is 14.5 Å². The molecule has 1 aromatic carbocycles. The number of rotatable bonds is 7. The van der Waals surface area contributed by atoms with Crippen LogP contribution in [-0.4, -0.2) is 40.4 Å². The number of hydrogen-bond donors (Lipinski definition) is 1. The van der Waals surface area contributed by atoms with E-state index in [0.717, 1.165) is 11.1 Å². The Kier molecular flexibility index (Phi) is 7.99. The van der Waals surface area contributed by atoms with E-state index in [1.807, 2.05) is 26.8 Å². The molecule has 0 radical (unpaired) electrons. The van der Waals surface area contributed by atoms with Gasteiger partial charge in [-0.15, -0.1) is 0 Å². The molecule has 0 fully saturated rings. The van der Waals surface area contributed by atoms with Crippen LogP contribution in [0.4, 0.5) is 11.4 Å². The van der Waals surface area contributed by atoms with Gasteiger partial charge >= 0.3 is 6.01 Å². The van der Waals surface area contributed by atoms with Crippen LogP contribution in [0.2, 0.25) is 10.0 Å². The average molecular weight is 571 g/mol. The zero-order chi connectivity index (χ0) is 28.6. The molecule has 0 spiro atoms. The van der Waals surface area contributed by atoms with Gasteiger partial charge in [-0.1, -0.05) is 43.1 Å². The SMILES string of the molecule is COc1ncc(N=C(C2=C(N)C(=O)N(c3cc(Cl)cn(C)c3=O)C2c2ccc(Cl)cc2C)C(C)C)c(OC)n1. The molecule has 2 aromatic heterocycles. The Bertz CT molecular complexity index is 1580. The number of amides is 1. The third kappa shape index (κ3) is 5.22. The molecule has 0 aliphatic carbocycles. The van der Waals surface area contributed by atoms with E-state index < -0.39 is 17.5 Å². The molecule has 1 aliphatic rings. The van der Waals surface area contributed by atoms with Crippen LogP contribution in [0.15, 0.2) is 57.7 Å². The predicted octanol–water partition coefficient (Wildman–Crippen LogP) is 4.54. The van der Waals surface area contributed by atoms with Crippen molar-refractivity contribution in [2.45, 2.75) is 26.8 Å². The molecule has 3 aromatic rings. The van der Waals surface area contributed by atoms with E-state index in [4.69, 9.17) is 43.4 Å². The summed E-state index contributed by atoms with van der Waals surface area (Å²) in [6, 6.07) is 6.10. The number of aryl methyl sites for hydroxylation is 2. The maximum Gasteiger partial charge on any atom is 0.319 e. The first-order valence-corrected chi connectivity index (χ1v) is 12.7. The second-order valence-corrected chi connectivity index (χ2v) is 10.1. The lowest BCUT2D eigenvalue weighted by atomic mass is 9.88. The second-order valence-electron chi connectivity index (χ2n) is 9.27. The number of hydrogen-bond acceptors (Lipinski definition) is 8. The van der Waals surface area contributed by atoms with E-state index in [2.05, 4.69) is 9.97 Å². The van der Waals surface area contributed by atoms with Crippen LogP contribution >= 0.6 is 23.2 Å². The minimum atomic E-state index is -0.799. The molecule has 0 saturated carbocycles. The van der Waals surface area contributed by atoms with Gasteiger partial charge in [-0.05, 0) is 42.2 Å². The Balaban J connectivity index is 2.02. The second kappa shape index (κ2) is 11.1. The molecule has 39 heavy (non-hydrogen) atoms. The van der Waals surface area contributed by atoms with E-state index in [0.29, 0.717) is 22.0 Å². The topological polar surface area (TPSA) is 125 Å². The summed E-state index contributed by atoms with van der Waals surface area (Å²) < 4.78 is 11.8.